The monoisotopic (exact) mass is 259 g/mol. The maximum Gasteiger partial charge on any atom is 0.257 e. The number of hydrogen-bond donors (Lipinski definition) is 3. The van der Waals surface area contributed by atoms with E-state index in [-0.39, 0.29) is 23.3 Å². The molecule has 7 nitrogen and oxygen atoms in total. The summed E-state index contributed by atoms with van der Waals surface area (Å²) in [5.74, 6) is -0.0374. The van der Waals surface area contributed by atoms with Gasteiger partial charge in [0.15, 0.2) is 5.03 Å². The Kier molecular flexibility index (Phi) is 4.24. The topological polar surface area (TPSA) is 114 Å². The second-order valence-corrected chi connectivity index (χ2v) is 5.41. The smallest absolute Gasteiger partial charge is 0.257 e. The van der Waals surface area contributed by atoms with Crippen molar-refractivity contribution in [2.45, 2.75) is 30.8 Å². The second kappa shape index (κ2) is 5.28. The number of rotatable bonds is 6. The Morgan fingerprint density at radius 1 is 1.71 bits per heavy atom. The van der Waals surface area contributed by atoms with Gasteiger partial charge in [-0.1, -0.05) is 6.92 Å². The van der Waals surface area contributed by atoms with E-state index in [1.165, 1.54) is 16.9 Å². The highest BCUT2D eigenvalue weighted by molar-refractivity contribution is 7.89. The van der Waals surface area contributed by atoms with Crippen LogP contribution < -0.4 is 10.5 Å². The van der Waals surface area contributed by atoms with Crippen LogP contribution in [0.4, 0.5) is 0 Å². The van der Waals surface area contributed by atoms with Crippen LogP contribution in [0, 0.1) is 5.41 Å². The van der Waals surface area contributed by atoms with Crippen molar-refractivity contribution in [1.29, 1.82) is 5.41 Å². The van der Waals surface area contributed by atoms with E-state index in [4.69, 9.17) is 11.1 Å². The highest BCUT2D eigenvalue weighted by Crippen LogP contribution is 2.09. The predicted octanol–water partition coefficient (Wildman–Crippen LogP) is -0.197. The number of nitrogens with one attached hydrogen (secondary N) is 2. The van der Waals surface area contributed by atoms with Crippen LogP contribution in [0.1, 0.15) is 19.8 Å². The zero-order valence-electron chi connectivity index (χ0n) is 9.84. The van der Waals surface area contributed by atoms with Gasteiger partial charge in [-0.15, -0.1) is 0 Å². The van der Waals surface area contributed by atoms with E-state index in [0.29, 0.717) is 6.42 Å². The molecule has 1 aromatic heterocycles. The quantitative estimate of drug-likeness (QED) is 0.485. The first-order valence-corrected chi connectivity index (χ1v) is 6.68. The van der Waals surface area contributed by atoms with Crippen LogP contribution in [0.5, 0.6) is 0 Å². The molecule has 0 aliphatic heterocycles. The van der Waals surface area contributed by atoms with E-state index in [0.717, 1.165) is 0 Å². The molecule has 0 aromatic carbocycles. The summed E-state index contributed by atoms with van der Waals surface area (Å²) in [7, 11) is -2.05. The molecule has 1 aromatic rings. The van der Waals surface area contributed by atoms with Gasteiger partial charge in [-0.05, 0) is 12.5 Å². The van der Waals surface area contributed by atoms with Crippen molar-refractivity contribution in [1.82, 2.24) is 14.5 Å². The summed E-state index contributed by atoms with van der Waals surface area (Å²) in [4.78, 5) is 0. The Bertz CT molecular complexity index is 493. The molecule has 1 atom stereocenters. The van der Waals surface area contributed by atoms with Crippen LogP contribution in [0.15, 0.2) is 17.3 Å². The first-order chi connectivity index (χ1) is 7.86. The van der Waals surface area contributed by atoms with Gasteiger partial charge in [-0.25, -0.2) is 13.1 Å². The zero-order chi connectivity index (χ0) is 13.1. The summed E-state index contributed by atoms with van der Waals surface area (Å²) in [6, 6.07) is 1.05. The fraction of sp³-hybridized carbons (Fsp3) is 0.556. The first kappa shape index (κ1) is 13.7. The van der Waals surface area contributed by atoms with Crippen molar-refractivity contribution in [2.75, 3.05) is 0 Å². The second-order valence-electron chi connectivity index (χ2n) is 3.75. The van der Waals surface area contributed by atoms with Crippen LogP contribution in [0.25, 0.3) is 0 Å². The van der Waals surface area contributed by atoms with Gasteiger partial charge in [-0.3, -0.25) is 10.1 Å². The first-order valence-electron chi connectivity index (χ1n) is 5.20. The van der Waals surface area contributed by atoms with E-state index in [1.807, 2.05) is 6.92 Å². The SMILES string of the molecule is CCC(CC(=N)N)NS(=O)(=O)c1ccnn1C. The molecule has 0 fully saturated rings. The van der Waals surface area contributed by atoms with Gasteiger partial charge in [-0.2, -0.15) is 5.10 Å². The van der Waals surface area contributed by atoms with E-state index in [9.17, 15) is 8.42 Å². The summed E-state index contributed by atoms with van der Waals surface area (Å²) < 4.78 is 27.8. The maximum atomic E-state index is 12.0. The molecule has 1 rings (SSSR count). The number of aryl methyl sites for hydroxylation is 1. The molecule has 0 saturated heterocycles. The Balaban J connectivity index is 2.86. The van der Waals surface area contributed by atoms with Gasteiger partial charge in [0.25, 0.3) is 10.0 Å². The highest BCUT2D eigenvalue weighted by Gasteiger charge is 2.22. The summed E-state index contributed by atoms with van der Waals surface area (Å²) in [6.07, 6.45) is 2.19. The minimum atomic E-state index is -3.61. The van der Waals surface area contributed by atoms with Gasteiger partial charge < -0.3 is 5.73 Å². The fourth-order valence-electron chi connectivity index (χ4n) is 1.44. The Hall–Kier alpha value is -1.41. The third kappa shape index (κ3) is 3.53. The molecule has 8 heteroatoms. The predicted molar refractivity (Wildman–Crippen MR) is 64.1 cm³/mol. The fourth-order valence-corrected chi connectivity index (χ4v) is 2.88. The molecule has 0 amide bonds. The lowest BCUT2D eigenvalue weighted by Gasteiger charge is -2.16. The van der Waals surface area contributed by atoms with Crippen LogP contribution in [0.3, 0.4) is 0 Å². The maximum absolute atomic E-state index is 12.0. The Morgan fingerprint density at radius 3 is 2.76 bits per heavy atom. The normalized spacial score (nSPS) is 13.5. The molecule has 1 heterocycles. The van der Waals surface area contributed by atoms with Gasteiger partial charge in [0.2, 0.25) is 0 Å². The molecular formula is C9H17N5O2S. The van der Waals surface area contributed by atoms with Crippen molar-refractivity contribution < 1.29 is 8.42 Å². The van der Waals surface area contributed by atoms with Crippen LogP contribution in [0.2, 0.25) is 0 Å². The van der Waals surface area contributed by atoms with E-state index in [1.54, 1.807) is 7.05 Å². The van der Waals surface area contributed by atoms with Crippen molar-refractivity contribution in [3.63, 3.8) is 0 Å². The van der Waals surface area contributed by atoms with Gasteiger partial charge in [0.05, 0.1) is 12.0 Å². The highest BCUT2D eigenvalue weighted by atomic mass is 32.2. The number of aromatic nitrogens is 2. The van der Waals surface area contributed by atoms with Crippen molar-refractivity contribution in [3.05, 3.63) is 12.3 Å². The molecule has 96 valence electrons. The van der Waals surface area contributed by atoms with Crippen LogP contribution in [-0.4, -0.2) is 30.1 Å². The van der Waals surface area contributed by atoms with Gasteiger partial charge in [0, 0.05) is 19.5 Å². The molecule has 0 radical (unpaired) electrons. The third-order valence-electron chi connectivity index (χ3n) is 2.33. The molecule has 0 saturated carbocycles. The average molecular weight is 259 g/mol. The van der Waals surface area contributed by atoms with Crippen molar-refractivity contribution >= 4 is 15.9 Å². The Morgan fingerprint density at radius 2 is 2.35 bits per heavy atom. The standard InChI is InChI=1S/C9H17N5O2S/c1-3-7(6-8(10)11)13-17(15,16)9-4-5-12-14(9)2/h4-5,7,13H,3,6H2,1-2H3,(H3,10,11). The average Bonchev–Trinajstić information content (AvgIpc) is 2.63. The lowest BCUT2D eigenvalue weighted by atomic mass is 10.1. The third-order valence-corrected chi connectivity index (χ3v) is 3.93. The van der Waals surface area contributed by atoms with E-state index in [2.05, 4.69) is 9.82 Å². The summed E-state index contributed by atoms with van der Waals surface area (Å²) in [5.41, 5.74) is 5.27. The molecular weight excluding hydrogens is 242 g/mol. The zero-order valence-corrected chi connectivity index (χ0v) is 10.7. The number of amidine groups is 1. The number of sulfonamides is 1. The van der Waals surface area contributed by atoms with Crippen LogP contribution in [-0.2, 0) is 17.1 Å². The molecule has 1 unspecified atom stereocenters. The lowest BCUT2D eigenvalue weighted by Crippen LogP contribution is -2.38. The number of nitrogens with zero attached hydrogens (tertiary/aromatic N) is 2. The van der Waals surface area contributed by atoms with Crippen molar-refractivity contribution in [3.8, 4) is 0 Å². The van der Waals surface area contributed by atoms with Gasteiger partial charge >= 0.3 is 0 Å². The molecule has 0 aliphatic carbocycles. The Labute approximate surface area is 101 Å². The summed E-state index contributed by atoms with van der Waals surface area (Å²) in [6.45, 7) is 1.83. The molecule has 0 bridgehead atoms. The minimum absolute atomic E-state index is 0.0374. The molecule has 0 aliphatic rings. The van der Waals surface area contributed by atoms with Crippen molar-refractivity contribution in [2.24, 2.45) is 12.8 Å². The summed E-state index contributed by atoms with van der Waals surface area (Å²) >= 11 is 0. The van der Waals surface area contributed by atoms with E-state index < -0.39 is 10.0 Å². The summed E-state index contributed by atoms with van der Waals surface area (Å²) in [5, 5.41) is 11.1. The minimum Gasteiger partial charge on any atom is -0.388 e. The van der Waals surface area contributed by atoms with Gasteiger partial charge in [0.1, 0.15) is 0 Å². The number of nitrogens with two attached hydrogens (primary N) is 1. The molecule has 4 N–H and O–H groups in total. The molecule has 0 spiro atoms. The number of hydrogen-bond acceptors (Lipinski definition) is 4. The lowest BCUT2D eigenvalue weighted by molar-refractivity contribution is 0.532. The van der Waals surface area contributed by atoms with E-state index >= 15 is 0 Å². The molecule has 17 heavy (non-hydrogen) atoms. The largest absolute Gasteiger partial charge is 0.388 e. The van der Waals surface area contributed by atoms with Crippen LogP contribution >= 0.6 is 0 Å².